The molecule has 2 nitrogen and oxygen atoms in total. The van der Waals surface area contributed by atoms with Crippen LogP contribution >= 0.6 is 0 Å². The zero-order valence-electron chi connectivity index (χ0n) is 11.3. The molecule has 0 amide bonds. The third-order valence-corrected chi connectivity index (χ3v) is 3.60. The van der Waals surface area contributed by atoms with Crippen LogP contribution < -0.4 is 5.32 Å². The Labute approximate surface area is 101 Å². The van der Waals surface area contributed by atoms with Crippen LogP contribution in [0.1, 0.15) is 59.3 Å². The molecule has 1 atom stereocenters. The average Bonchev–Trinajstić information content (AvgIpc) is 2.29. The molecule has 0 aromatic carbocycles. The maximum atomic E-state index is 5.53. The van der Waals surface area contributed by atoms with Crippen molar-refractivity contribution in [3.05, 3.63) is 0 Å². The van der Waals surface area contributed by atoms with Gasteiger partial charge in [-0.15, -0.1) is 0 Å². The fourth-order valence-electron chi connectivity index (χ4n) is 2.52. The predicted molar refractivity (Wildman–Crippen MR) is 69.7 cm³/mol. The van der Waals surface area contributed by atoms with Gasteiger partial charge in [0, 0.05) is 12.6 Å². The highest BCUT2D eigenvalue weighted by Gasteiger charge is 2.18. The molecule has 0 heterocycles. The van der Waals surface area contributed by atoms with Crippen LogP contribution in [0.3, 0.4) is 0 Å². The van der Waals surface area contributed by atoms with Gasteiger partial charge in [0.05, 0.1) is 6.10 Å². The smallest absolute Gasteiger partial charge is 0.0518 e. The number of hydrogen-bond acceptors (Lipinski definition) is 2. The molecule has 16 heavy (non-hydrogen) atoms. The molecule has 0 aliphatic heterocycles. The van der Waals surface area contributed by atoms with Crippen molar-refractivity contribution in [1.82, 2.24) is 5.32 Å². The number of hydrogen-bond donors (Lipinski definition) is 1. The highest BCUT2D eigenvalue weighted by molar-refractivity contribution is 4.75. The van der Waals surface area contributed by atoms with Crippen molar-refractivity contribution < 1.29 is 4.74 Å². The Balaban J connectivity index is 1.98. The van der Waals surface area contributed by atoms with Crippen molar-refractivity contribution >= 4 is 0 Å². The summed E-state index contributed by atoms with van der Waals surface area (Å²) in [5.74, 6) is 0.916. The van der Waals surface area contributed by atoms with Crippen LogP contribution in [0.4, 0.5) is 0 Å². The molecular weight excluding hydrogens is 198 g/mol. The minimum atomic E-state index is 0.371. The molecule has 1 saturated carbocycles. The van der Waals surface area contributed by atoms with Gasteiger partial charge in [0.15, 0.2) is 0 Å². The van der Waals surface area contributed by atoms with E-state index in [1.807, 2.05) is 0 Å². The second-order valence-electron chi connectivity index (χ2n) is 5.41. The van der Waals surface area contributed by atoms with E-state index in [1.54, 1.807) is 0 Å². The van der Waals surface area contributed by atoms with Gasteiger partial charge in [0.2, 0.25) is 0 Å². The molecule has 1 unspecified atom stereocenters. The zero-order chi connectivity index (χ0) is 11.8. The lowest BCUT2D eigenvalue weighted by Crippen LogP contribution is -2.35. The molecule has 0 saturated heterocycles. The fourth-order valence-corrected chi connectivity index (χ4v) is 2.52. The summed E-state index contributed by atoms with van der Waals surface area (Å²) in [6.07, 6.45) is 8.68. The van der Waals surface area contributed by atoms with E-state index >= 15 is 0 Å². The van der Waals surface area contributed by atoms with Gasteiger partial charge in [-0.1, -0.05) is 19.3 Å². The van der Waals surface area contributed by atoms with E-state index in [1.165, 1.54) is 32.1 Å². The summed E-state index contributed by atoms with van der Waals surface area (Å²) in [5.41, 5.74) is 0. The molecular formula is C14H29NO. The zero-order valence-corrected chi connectivity index (χ0v) is 11.3. The molecule has 1 aliphatic carbocycles. The van der Waals surface area contributed by atoms with E-state index < -0.39 is 0 Å². The molecule has 0 aromatic rings. The Morgan fingerprint density at radius 1 is 1.12 bits per heavy atom. The SMILES string of the molecule is CC(C)OCCCNC(C)C1CCCCC1. The average molecular weight is 227 g/mol. The fraction of sp³-hybridized carbons (Fsp3) is 1.00. The predicted octanol–water partition coefficient (Wildman–Crippen LogP) is 3.36. The molecule has 0 spiro atoms. The highest BCUT2D eigenvalue weighted by Crippen LogP contribution is 2.26. The van der Waals surface area contributed by atoms with Crippen LogP contribution in [0.15, 0.2) is 0 Å². The van der Waals surface area contributed by atoms with Crippen molar-refractivity contribution in [2.24, 2.45) is 5.92 Å². The van der Waals surface area contributed by atoms with Gasteiger partial charge in [-0.3, -0.25) is 0 Å². The van der Waals surface area contributed by atoms with E-state index in [0.717, 1.165) is 25.5 Å². The van der Waals surface area contributed by atoms with Crippen LogP contribution in [0, 0.1) is 5.92 Å². The summed E-state index contributed by atoms with van der Waals surface area (Å²) >= 11 is 0. The van der Waals surface area contributed by atoms with Crippen LogP contribution in [0.5, 0.6) is 0 Å². The van der Waals surface area contributed by atoms with E-state index in [4.69, 9.17) is 4.74 Å². The lowest BCUT2D eigenvalue weighted by molar-refractivity contribution is 0.0763. The first kappa shape index (κ1) is 14.0. The molecule has 0 bridgehead atoms. The minimum Gasteiger partial charge on any atom is -0.379 e. The third-order valence-electron chi connectivity index (χ3n) is 3.60. The van der Waals surface area contributed by atoms with Gasteiger partial charge >= 0.3 is 0 Å². The van der Waals surface area contributed by atoms with Crippen LogP contribution in [0.2, 0.25) is 0 Å². The maximum absolute atomic E-state index is 5.53. The standard InChI is InChI=1S/C14H29NO/c1-12(2)16-11-7-10-15-13(3)14-8-5-4-6-9-14/h12-15H,4-11H2,1-3H3. The van der Waals surface area contributed by atoms with Gasteiger partial charge < -0.3 is 10.1 Å². The summed E-state index contributed by atoms with van der Waals surface area (Å²) < 4.78 is 5.53. The van der Waals surface area contributed by atoms with Crippen molar-refractivity contribution in [2.45, 2.75) is 71.4 Å². The normalized spacial score (nSPS) is 20.2. The van der Waals surface area contributed by atoms with Crippen LogP contribution in [0.25, 0.3) is 0 Å². The Kier molecular flexibility index (Phi) is 7.06. The maximum Gasteiger partial charge on any atom is 0.0518 e. The summed E-state index contributed by atoms with van der Waals surface area (Å²) in [6, 6.07) is 0.694. The highest BCUT2D eigenvalue weighted by atomic mass is 16.5. The monoisotopic (exact) mass is 227 g/mol. The van der Waals surface area contributed by atoms with Crippen molar-refractivity contribution in [3.63, 3.8) is 0 Å². The second kappa shape index (κ2) is 8.08. The van der Waals surface area contributed by atoms with Gasteiger partial charge in [-0.25, -0.2) is 0 Å². The Morgan fingerprint density at radius 2 is 1.81 bits per heavy atom. The number of rotatable bonds is 7. The van der Waals surface area contributed by atoms with Crippen molar-refractivity contribution in [2.75, 3.05) is 13.2 Å². The first-order valence-electron chi connectivity index (χ1n) is 7.05. The van der Waals surface area contributed by atoms with Gasteiger partial charge in [0.25, 0.3) is 0 Å². The number of ether oxygens (including phenoxy) is 1. The van der Waals surface area contributed by atoms with E-state index in [0.29, 0.717) is 12.1 Å². The van der Waals surface area contributed by atoms with Crippen LogP contribution in [-0.2, 0) is 4.74 Å². The third kappa shape index (κ3) is 5.86. The lowest BCUT2D eigenvalue weighted by Gasteiger charge is -2.28. The van der Waals surface area contributed by atoms with Gasteiger partial charge in [-0.2, -0.15) is 0 Å². The van der Waals surface area contributed by atoms with Gasteiger partial charge in [-0.05, 0) is 52.5 Å². The molecule has 1 aliphatic rings. The molecule has 0 radical (unpaired) electrons. The summed E-state index contributed by atoms with van der Waals surface area (Å²) in [5, 5.41) is 3.65. The molecule has 1 rings (SSSR count). The van der Waals surface area contributed by atoms with E-state index in [9.17, 15) is 0 Å². The molecule has 0 aromatic heterocycles. The molecule has 2 heteroatoms. The van der Waals surface area contributed by atoms with E-state index in [-0.39, 0.29) is 0 Å². The quantitative estimate of drug-likeness (QED) is 0.673. The molecule has 96 valence electrons. The van der Waals surface area contributed by atoms with Crippen molar-refractivity contribution in [1.29, 1.82) is 0 Å². The molecule has 1 N–H and O–H groups in total. The topological polar surface area (TPSA) is 21.3 Å². The minimum absolute atomic E-state index is 0.371. The largest absolute Gasteiger partial charge is 0.379 e. The lowest BCUT2D eigenvalue weighted by atomic mass is 9.84. The Morgan fingerprint density at radius 3 is 2.44 bits per heavy atom. The summed E-state index contributed by atoms with van der Waals surface area (Å²) in [4.78, 5) is 0. The number of nitrogens with one attached hydrogen (secondary N) is 1. The van der Waals surface area contributed by atoms with Crippen molar-refractivity contribution in [3.8, 4) is 0 Å². The van der Waals surface area contributed by atoms with Gasteiger partial charge in [0.1, 0.15) is 0 Å². The first-order chi connectivity index (χ1) is 7.70. The van der Waals surface area contributed by atoms with Crippen LogP contribution in [-0.4, -0.2) is 25.3 Å². The second-order valence-corrected chi connectivity index (χ2v) is 5.41. The first-order valence-corrected chi connectivity index (χ1v) is 7.05. The summed E-state index contributed by atoms with van der Waals surface area (Å²) in [6.45, 7) is 8.53. The Bertz CT molecular complexity index is 164. The van der Waals surface area contributed by atoms with E-state index in [2.05, 4.69) is 26.1 Å². The summed E-state index contributed by atoms with van der Waals surface area (Å²) in [7, 11) is 0. The Hall–Kier alpha value is -0.0800. The molecule has 1 fully saturated rings.